The highest BCUT2D eigenvalue weighted by Gasteiger charge is 2.15. The quantitative estimate of drug-likeness (QED) is 0.634. The van der Waals surface area contributed by atoms with Gasteiger partial charge in [-0.25, -0.2) is 0 Å². The predicted molar refractivity (Wildman–Crippen MR) is 81.0 cm³/mol. The number of benzene rings is 1. The lowest BCUT2D eigenvalue weighted by Crippen LogP contribution is -2.15. The van der Waals surface area contributed by atoms with Gasteiger partial charge in [-0.05, 0) is 25.5 Å². The van der Waals surface area contributed by atoms with Gasteiger partial charge in [-0.15, -0.1) is 0 Å². The molecule has 106 valence electrons. The number of pyridine rings is 1. The SMILES string of the molecule is CCCCC(C)Nc1ccc([N+](=O)[O-])c2cnccc12. The number of aromatic nitrogens is 1. The molecule has 1 N–H and O–H groups in total. The van der Waals surface area contributed by atoms with Gasteiger partial charge in [-0.2, -0.15) is 0 Å². The van der Waals surface area contributed by atoms with Gasteiger partial charge in [0.1, 0.15) is 0 Å². The molecule has 0 aliphatic carbocycles. The molecule has 1 unspecified atom stereocenters. The zero-order chi connectivity index (χ0) is 14.5. The van der Waals surface area contributed by atoms with Crippen molar-refractivity contribution < 1.29 is 4.92 Å². The highest BCUT2D eigenvalue weighted by Crippen LogP contribution is 2.31. The molecule has 0 spiro atoms. The first kappa shape index (κ1) is 14.2. The molecule has 1 heterocycles. The van der Waals surface area contributed by atoms with E-state index in [-0.39, 0.29) is 10.6 Å². The lowest BCUT2D eigenvalue weighted by molar-refractivity contribution is -0.383. The topological polar surface area (TPSA) is 68.1 Å². The van der Waals surface area contributed by atoms with Crippen molar-refractivity contribution in [3.63, 3.8) is 0 Å². The zero-order valence-electron chi connectivity index (χ0n) is 11.8. The number of hydrogen-bond acceptors (Lipinski definition) is 4. The molecule has 0 aliphatic heterocycles. The molecule has 0 bridgehead atoms. The van der Waals surface area contributed by atoms with Gasteiger partial charge in [0, 0.05) is 35.6 Å². The van der Waals surface area contributed by atoms with Crippen LogP contribution in [0.25, 0.3) is 10.8 Å². The maximum atomic E-state index is 11.0. The van der Waals surface area contributed by atoms with Crippen molar-refractivity contribution in [1.82, 2.24) is 4.98 Å². The second-order valence-electron chi connectivity index (χ2n) is 5.00. The summed E-state index contributed by atoms with van der Waals surface area (Å²) in [7, 11) is 0. The van der Waals surface area contributed by atoms with Crippen molar-refractivity contribution in [3.05, 3.63) is 40.7 Å². The van der Waals surface area contributed by atoms with Crippen LogP contribution in [0.2, 0.25) is 0 Å². The van der Waals surface area contributed by atoms with E-state index in [2.05, 4.69) is 24.1 Å². The van der Waals surface area contributed by atoms with Crippen molar-refractivity contribution in [1.29, 1.82) is 0 Å². The molecule has 0 fully saturated rings. The fraction of sp³-hybridized carbons (Fsp3) is 0.400. The summed E-state index contributed by atoms with van der Waals surface area (Å²) in [5, 5.41) is 15.9. The van der Waals surface area contributed by atoms with Gasteiger partial charge in [-0.3, -0.25) is 15.1 Å². The molecular formula is C15H19N3O2. The second-order valence-corrected chi connectivity index (χ2v) is 5.00. The minimum Gasteiger partial charge on any atom is -0.382 e. The number of nitro groups is 1. The van der Waals surface area contributed by atoms with Crippen molar-refractivity contribution in [2.45, 2.75) is 39.2 Å². The highest BCUT2D eigenvalue weighted by molar-refractivity contribution is 5.99. The summed E-state index contributed by atoms with van der Waals surface area (Å²) in [6.07, 6.45) is 6.63. The molecule has 5 heteroatoms. The van der Waals surface area contributed by atoms with Crippen LogP contribution < -0.4 is 5.32 Å². The third-order valence-corrected chi connectivity index (χ3v) is 3.38. The first-order valence-corrected chi connectivity index (χ1v) is 6.91. The minimum absolute atomic E-state index is 0.0971. The Morgan fingerprint density at radius 2 is 2.15 bits per heavy atom. The minimum atomic E-state index is -0.367. The fourth-order valence-corrected chi connectivity index (χ4v) is 2.31. The summed E-state index contributed by atoms with van der Waals surface area (Å²) in [5.41, 5.74) is 1.02. The van der Waals surface area contributed by atoms with Crippen LogP contribution in [-0.4, -0.2) is 15.9 Å². The van der Waals surface area contributed by atoms with Crippen LogP contribution in [0, 0.1) is 10.1 Å². The average molecular weight is 273 g/mol. The van der Waals surface area contributed by atoms with E-state index in [0.717, 1.165) is 23.9 Å². The highest BCUT2D eigenvalue weighted by atomic mass is 16.6. The predicted octanol–water partition coefficient (Wildman–Crippen LogP) is 4.13. The molecule has 2 aromatic rings. The van der Waals surface area contributed by atoms with Crippen LogP contribution in [0.3, 0.4) is 0 Å². The van der Waals surface area contributed by atoms with E-state index in [1.807, 2.05) is 6.07 Å². The van der Waals surface area contributed by atoms with Crippen LogP contribution in [0.15, 0.2) is 30.6 Å². The van der Waals surface area contributed by atoms with Gasteiger partial charge in [0.05, 0.1) is 10.3 Å². The van der Waals surface area contributed by atoms with Crippen LogP contribution in [0.5, 0.6) is 0 Å². The van der Waals surface area contributed by atoms with Gasteiger partial charge in [0.2, 0.25) is 0 Å². The van der Waals surface area contributed by atoms with Crippen LogP contribution in [0.1, 0.15) is 33.1 Å². The average Bonchev–Trinajstić information content (AvgIpc) is 2.45. The first-order valence-electron chi connectivity index (χ1n) is 6.91. The van der Waals surface area contributed by atoms with Crippen molar-refractivity contribution in [2.75, 3.05) is 5.32 Å². The van der Waals surface area contributed by atoms with Crippen molar-refractivity contribution in [2.24, 2.45) is 0 Å². The van der Waals surface area contributed by atoms with E-state index in [9.17, 15) is 10.1 Å². The Balaban J connectivity index is 2.35. The van der Waals surface area contributed by atoms with E-state index in [1.54, 1.807) is 24.5 Å². The number of fused-ring (bicyclic) bond motifs is 1. The van der Waals surface area contributed by atoms with Gasteiger partial charge in [-0.1, -0.05) is 19.8 Å². The summed E-state index contributed by atoms with van der Waals surface area (Å²) in [5.74, 6) is 0. The number of nitrogens with one attached hydrogen (secondary N) is 1. The third-order valence-electron chi connectivity index (χ3n) is 3.38. The number of anilines is 1. The Morgan fingerprint density at radius 1 is 1.35 bits per heavy atom. The third kappa shape index (κ3) is 3.04. The maximum Gasteiger partial charge on any atom is 0.278 e. The monoisotopic (exact) mass is 273 g/mol. The Labute approximate surface area is 118 Å². The molecule has 0 radical (unpaired) electrons. The molecule has 0 saturated carbocycles. The largest absolute Gasteiger partial charge is 0.382 e. The van der Waals surface area contributed by atoms with Crippen molar-refractivity contribution >= 4 is 22.1 Å². The zero-order valence-corrected chi connectivity index (χ0v) is 11.8. The molecule has 1 atom stereocenters. The molecule has 20 heavy (non-hydrogen) atoms. The van der Waals surface area contributed by atoms with E-state index in [1.165, 1.54) is 6.42 Å². The number of rotatable bonds is 6. The Bertz CT molecular complexity index is 613. The summed E-state index contributed by atoms with van der Waals surface area (Å²) in [6.45, 7) is 4.30. The normalized spacial score (nSPS) is 12.3. The lowest BCUT2D eigenvalue weighted by Gasteiger charge is -2.16. The molecule has 0 saturated heterocycles. The van der Waals surface area contributed by atoms with Crippen LogP contribution in [0.4, 0.5) is 11.4 Å². The molecule has 1 aromatic heterocycles. The number of non-ortho nitro benzene ring substituents is 1. The van der Waals surface area contributed by atoms with E-state index in [0.29, 0.717) is 11.4 Å². The maximum absolute atomic E-state index is 11.0. The van der Waals surface area contributed by atoms with E-state index in [4.69, 9.17) is 0 Å². The Hall–Kier alpha value is -2.17. The second kappa shape index (κ2) is 6.32. The summed E-state index contributed by atoms with van der Waals surface area (Å²) in [6, 6.07) is 5.48. The molecule has 5 nitrogen and oxygen atoms in total. The Kier molecular flexibility index (Phi) is 4.50. The molecule has 1 aromatic carbocycles. The van der Waals surface area contributed by atoms with Gasteiger partial charge in [0.25, 0.3) is 5.69 Å². The summed E-state index contributed by atoms with van der Waals surface area (Å²) >= 11 is 0. The van der Waals surface area contributed by atoms with E-state index < -0.39 is 0 Å². The number of unbranched alkanes of at least 4 members (excludes halogenated alkanes) is 1. The van der Waals surface area contributed by atoms with E-state index >= 15 is 0 Å². The number of hydrogen-bond donors (Lipinski definition) is 1. The van der Waals surface area contributed by atoms with Crippen molar-refractivity contribution in [3.8, 4) is 0 Å². The standard InChI is InChI=1S/C15H19N3O2/c1-3-4-5-11(2)17-14-6-7-15(18(19)20)13-10-16-9-8-12(13)14/h6-11,17H,3-5H2,1-2H3. The molecule has 0 amide bonds. The Morgan fingerprint density at radius 3 is 2.85 bits per heavy atom. The summed E-state index contributed by atoms with van der Waals surface area (Å²) in [4.78, 5) is 14.7. The molecule has 0 aliphatic rings. The smallest absolute Gasteiger partial charge is 0.278 e. The van der Waals surface area contributed by atoms with Crippen LogP contribution in [-0.2, 0) is 0 Å². The van der Waals surface area contributed by atoms with Crippen LogP contribution >= 0.6 is 0 Å². The van der Waals surface area contributed by atoms with Gasteiger partial charge >= 0.3 is 0 Å². The number of nitrogens with zero attached hydrogens (tertiary/aromatic N) is 2. The first-order chi connectivity index (χ1) is 9.63. The molecular weight excluding hydrogens is 254 g/mol. The lowest BCUT2D eigenvalue weighted by atomic mass is 10.1. The van der Waals surface area contributed by atoms with Gasteiger partial charge < -0.3 is 5.32 Å². The molecule has 2 rings (SSSR count). The summed E-state index contributed by atoms with van der Waals surface area (Å²) < 4.78 is 0. The van der Waals surface area contributed by atoms with Gasteiger partial charge in [0.15, 0.2) is 0 Å². The number of nitro benzene ring substituents is 1. The fourth-order valence-electron chi connectivity index (χ4n) is 2.31.